The lowest BCUT2D eigenvalue weighted by atomic mass is 10.0. The summed E-state index contributed by atoms with van der Waals surface area (Å²) >= 11 is 0. The standard InChI is InChI=1S/C7H12O7/c8-1-2(9)3(10)6-4(11)5(12)7(13)14-6/h2-6,8-12H,1H2/t2-,3+,4-,5+,6-/m1/s1. The maximum atomic E-state index is 10.7. The number of carbonyl (C=O) groups excluding carboxylic acids is 1. The predicted molar refractivity (Wildman–Crippen MR) is 41.0 cm³/mol. The van der Waals surface area contributed by atoms with E-state index in [1.54, 1.807) is 0 Å². The molecule has 1 saturated heterocycles. The normalized spacial score (nSPS) is 36.6. The van der Waals surface area contributed by atoms with Crippen LogP contribution in [-0.4, -0.2) is 68.6 Å². The number of cyclic esters (lactones) is 1. The minimum atomic E-state index is -1.72. The summed E-state index contributed by atoms with van der Waals surface area (Å²) in [5, 5.41) is 44.9. The zero-order chi connectivity index (χ0) is 10.9. The molecule has 5 atom stereocenters. The Bertz CT molecular complexity index is 218. The first kappa shape index (κ1) is 11.3. The average Bonchev–Trinajstić information content (AvgIpc) is 2.43. The van der Waals surface area contributed by atoms with Gasteiger partial charge >= 0.3 is 5.97 Å². The predicted octanol–water partition coefficient (Wildman–Crippen LogP) is -3.65. The highest BCUT2D eigenvalue weighted by molar-refractivity contribution is 5.77. The number of aliphatic hydroxyl groups excluding tert-OH is 5. The molecule has 82 valence electrons. The van der Waals surface area contributed by atoms with Crippen molar-refractivity contribution in [1.29, 1.82) is 0 Å². The smallest absolute Gasteiger partial charge is 0.338 e. The molecule has 0 bridgehead atoms. The van der Waals surface area contributed by atoms with Crippen molar-refractivity contribution in [2.45, 2.75) is 30.5 Å². The van der Waals surface area contributed by atoms with Crippen LogP contribution in [0.2, 0.25) is 0 Å². The fourth-order valence-electron chi connectivity index (χ4n) is 1.19. The molecule has 0 aliphatic carbocycles. The molecule has 7 nitrogen and oxygen atoms in total. The number of ether oxygens (including phenoxy) is 1. The second-order valence-corrected chi connectivity index (χ2v) is 3.08. The van der Waals surface area contributed by atoms with Gasteiger partial charge in [-0.1, -0.05) is 0 Å². The minimum Gasteiger partial charge on any atom is -0.455 e. The van der Waals surface area contributed by atoms with Gasteiger partial charge in [-0.15, -0.1) is 0 Å². The molecule has 5 N–H and O–H groups in total. The van der Waals surface area contributed by atoms with Gasteiger partial charge in [0.2, 0.25) is 0 Å². The van der Waals surface area contributed by atoms with Gasteiger partial charge in [-0.25, -0.2) is 4.79 Å². The van der Waals surface area contributed by atoms with Crippen LogP contribution in [0.5, 0.6) is 0 Å². The summed E-state index contributed by atoms with van der Waals surface area (Å²) in [4.78, 5) is 10.7. The third-order valence-corrected chi connectivity index (χ3v) is 2.07. The third-order valence-electron chi connectivity index (χ3n) is 2.07. The minimum absolute atomic E-state index is 0.738. The molecule has 1 rings (SSSR count). The van der Waals surface area contributed by atoms with Gasteiger partial charge < -0.3 is 30.3 Å². The zero-order valence-corrected chi connectivity index (χ0v) is 7.15. The van der Waals surface area contributed by atoms with Crippen LogP contribution in [0.1, 0.15) is 0 Å². The van der Waals surface area contributed by atoms with Crippen LogP contribution in [0.3, 0.4) is 0 Å². The lowest BCUT2D eigenvalue weighted by molar-refractivity contribution is -0.155. The summed E-state index contributed by atoms with van der Waals surface area (Å²) in [6.45, 7) is -0.738. The molecule has 1 aliphatic rings. The lowest BCUT2D eigenvalue weighted by Crippen LogP contribution is -2.46. The van der Waals surface area contributed by atoms with Crippen molar-refractivity contribution in [2.75, 3.05) is 6.61 Å². The van der Waals surface area contributed by atoms with Crippen molar-refractivity contribution < 1.29 is 35.1 Å². The average molecular weight is 208 g/mol. The highest BCUT2D eigenvalue weighted by Crippen LogP contribution is 2.20. The summed E-state index contributed by atoms with van der Waals surface area (Å²) in [7, 11) is 0. The number of aliphatic hydroxyl groups is 5. The number of carbonyl (C=O) groups is 1. The topological polar surface area (TPSA) is 127 Å². The first-order valence-corrected chi connectivity index (χ1v) is 4.02. The van der Waals surface area contributed by atoms with Crippen molar-refractivity contribution in [1.82, 2.24) is 0 Å². The quantitative estimate of drug-likeness (QED) is 0.302. The fraction of sp³-hybridized carbons (Fsp3) is 0.857. The van der Waals surface area contributed by atoms with E-state index in [2.05, 4.69) is 4.74 Å². The molecule has 1 aliphatic heterocycles. The first-order chi connectivity index (χ1) is 6.49. The molecular formula is C7H12O7. The van der Waals surface area contributed by atoms with Crippen LogP contribution >= 0.6 is 0 Å². The van der Waals surface area contributed by atoms with E-state index in [1.807, 2.05) is 0 Å². The second-order valence-electron chi connectivity index (χ2n) is 3.08. The summed E-state index contributed by atoms with van der Waals surface area (Å²) < 4.78 is 4.41. The first-order valence-electron chi connectivity index (χ1n) is 4.02. The molecule has 0 aromatic rings. The van der Waals surface area contributed by atoms with Crippen LogP contribution in [0.4, 0.5) is 0 Å². The third kappa shape index (κ3) is 1.86. The van der Waals surface area contributed by atoms with Gasteiger partial charge in [-0.3, -0.25) is 0 Å². The number of rotatable bonds is 3. The summed E-state index contributed by atoms with van der Waals surface area (Å²) in [5.74, 6) is -1.06. The molecule has 0 spiro atoms. The molecule has 1 fully saturated rings. The summed E-state index contributed by atoms with van der Waals surface area (Å²) in [5.41, 5.74) is 0. The number of hydrogen-bond donors (Lipinski definition) is 5. The Morgan fingerprint density at radius 3 is 2.29 bits per heavy atom. The van der Waals surface area contributed by atoms with Crippen molar-refractivity contribution in [3.8, 4) is 0 Å². The maximum Gasteiger partial charge on any atom is 0.338 e. The zero-order valence-electron chi connectivity index (χ0n) is 7.15. The van der Waals surface area contributed by atoms with Gasteiger partial charge in [0.1, 0.15) is 18.3 Å². The van der Waals surface area contributed by atoms with Crippen LogP contribution in [0, 0.1) is 0 Å². The Morgan fingerprint density at radius 2 is 1.93 bits per heavy atom. The van der Waals surface area contributed by atoms with E-state index in [0.717, 1.165) is 0 Å². The summed E-state index contributed by atoms with van der Waals surface area (Å²) in [6, 6.07) is 0. The lowest BCUT2D eigenvalue weighted by Gasteiger charge is -2.23. The van der Waals surface area contributed by atoms with Crippen LogP contribution < -0.4 is 0 Å². The summed E-state index contributed by atoms with van der Waals surface area (Å²) in [6.07, 6.45) is -7.90. The largest absolute Gasteiger partial charge is 0.455 e. The molecule has 0 saturated carbocycles. The second kappa shape index (κ2) is 4.20. The van der Waals surface area contributed by atoms with Gasteiger partial charge in [-0.2, -0.15) is 0 Å². The Hall–Kier alpha value is -0.730. The van der Waals surface area contributed by atoms with Crippen LogP contribution in [0.15, 0.2) is 0 Å². The molecule has 7 heteroatoms. The van der Waals surface area contributed by atoms with E-state index in [-0.39, 0.29) is 0 Å². The molecule has 1 heterocycles. The molecule has 14 heavy (non-hydrogen) atoms. The Labute approximate surface area is 79.2 Å². The van der Waals surface area contributed by atoms with E-state index < -0.39 is 43.1 Å². The fourth-order valence-corrected chi connectivity index (χ4v) is 1.19. The van der Waals surface area contributed by atoms with Crippen LogP contribution in [-0.2, 0) is 9.53 Å². The SMILES string of the molecule is O=C1O[C@H]([C@@H](O)[C@H](O)CO)[C@H](O)[C@@H]1O. The van der Waals surface area contributed by atoms with Crippen molar-refractivity contribution in [3.05, 3.63) is 0 Å². The van der Waals surface area contributed by atoms with Crippen molar-refractivity contribution in [3.63, 3.8) is 0 Å². The molecule has 0 aromatic heterocycles. The Morgan fingerprint density at radius 1 is 1.36 bits per heavy atom. The highest BCUT2D eigenvalue weighted by Gasteiger charge is 2.47. The maximum absolute atomic E-state index is 10.7. The monoisotopic (exact) mass is 208 g/mol. The Kier molecular flexibility index (Phi) is 3.40. The van der Waals surface area contributed by atoms with Crippen molar-refractivity contribution >= 4 is 5.97 Å². The molecule has 0 aromatic carbocycles. The van der Waals surface area contributed by atoms with Gasteiger partial charge in [0.25, 0.3) is 0 Å². The van der Waals surface area contributed by atoms with E-state index in [9.17, 15) is 15.0 Å². The van der Waals surface area contributed by atoms with E-state index in [4.69, 9.17) is 15.3 Å². The van der Waals surface area contributed by atoms with Gasteiger partial charge in [0, 0.05) is 0 Å². The van der Waals surface area contributed by atoms with Gasteiger partial charge in [0.05, 0.1) is 6.61 Å². The highest BCUT2D eigenvalue weighted by atomic mass is 16.6. The van der Waals surface area contributed by atoms with Crippen molar-refractivity contribution in [2.24, 2.45) is 0 Å². The number of hydrogen-bond acceptors (Lipinski definition) is 7. The molecule has 0 amide bonds. The van der Waals surface area contributed by atoms with E-state index >= 15 is 0 Å². The number of esters is 1. The molecular weight excluding hydrogens is 196 g/mol. The van der Waals surface area contributed by atoms with Gasteiger partial charge in [0.15, 0.2) is 12.2 Å². The van der Waals surface area contributed by atoms with E-state index in [0.29, 0.717) is 0 Å². The van der Waals surface area contributed by atoms with Gasteiger partial charge in [-0.05, 0) is 0 Å². The molecule has 0 radical (unpaired) electrons. The Balaban J connectivity index is 2.66. The van der Waals surface area contributed by atoms with Crippen LogP contribution in [0.25, 0.3) is 0 Å². The molecule has 0 unspecified atom stereocenters. The van der Waals surface area contributed by atoms with E-state index in [1.165, 1.54) is 0 Å².